The van der Waals surface area contributed by atoms with E-state index in [1.54, 1.807) is 25.1 Å². The van der Waals surface area contributed by atoms with Crippen LogP contribution in [0.3, 0.4) is 0 Å². The molecule has 0 radical (unpaired) electrons. The van der Waals surface area contributed by atoms with Crippen molar-refractivity contribution in [3.63, 3.8) is 0 Å². The summed E-state index contributed by atoms with van der Waals surface area (Å²) in [5.41, 5.74) is 1.01. The van der Waals surface area contributed by atoms with E-state index in [0.717, 1.165) is 11.6 Å². The van der Waals surface area contributed by atoms with Crippen molar-refractivity contribution in [2.75, 3.05) is 4.72 Å². The van der Waals surface area contributed by atoms with Crippen molar-refractivity contribution < 1.29 is 22.7 Å². The number of hydrogen-bond acceptors (Lipinski definition) is 4. The van der Waals surface area contributed by atoms with Gasteiger partial charge >= 0.3 is 5.97 Å². The number of furan rings is 1. The van der Waals surface area contributed by atoms with Gasteiger partial charge in [0.05, 0.1) is 10.7 Å². The molecule has 1 heterocycles. The third kappa shape index (κ3) is 3.39. The number of halogens is 2. The van der Waals surface area contributed by atoms with Crippen molar-refractivity contribution in [2.24, 2.45) is 0 Å². The van der Waals surface area contributed by atoms with E-state index >= 15 is 0 Å². The zero-order chi connectivity index (χ0) is 15.8. The number of hydrogen-bond donors (Lipinski definition) is 2. The van der Waals surface area contributed by atoms with Crippen LogP contribution in [0.1, 0.15) is 16.1 Å². The minimum Gasteiger partial charge on any atom is -0.475 e. The largest absolute Gasteiger partial charge is 0.475 e. The molecular weight excluding hydrogens is 386 g/mol. The Bertz CT molecular complexity index is 815. The lowest BCUT2D eigenvalue weighted by molar-refractivity contribution is 0.0661. The number of sulfonamides is 1. The van der Waals surface area contributed by atoms with Gasteiger partial charge in [-0.1, -0.05) is 17.7 Å². The first-order valence-corrected chi connectivity index (χ1v) is 8.18. The summed E-state index contributed by atoms with van der Waals surface area (Å²) in [6, 6.07) is 5.77. The first kappa shape index (κ1) is 15.9. The molecule has 0 bridgehead atoms. The summed E-state index contributed by atoms with van der Waals surface area (Å²) in [5.74, 6) is -1.86. The number of carbonyl (C=O) groups is 1. The molecule has 0 amide bonds. The molecule has 0 aliphatic heterocycles. The number of anilines is 1. The number of rotatable bonds is 4. The Morgan fingerprint density at radius 2 is 2.05 bits per heavy atom. The lowest BCUT2D eigenvalue weighted by Crippen LogP contribution is -2.13. The fourth-order valence-electron chi connectivity index (χ4n) is 1.56. The third-order valence-electron chi connectivity index (χ3n) is 2.52. The van der Waals surface area contributed by atoms with E-state index in [-0.39, 0.29) is 20.3 Å². The Hall–Kier alpha value is -1.51. The maximum atomic E-state index is 12.3. The molecule has 21 heavy (non-hydrogen) atoms. The number of aromatic carboxylic acids is 1. The van der Waals surface area contributed by atoms with Crippen LogP contribution in [0, 0.1) is 6.92 Å². The second-order valence-electron chi connectivity index (χ2n) is 4.14. The van der Waals surface area contributed by atoms with Gasteiger partial charge in [0.1, 0.15) is 4.90 Å². The molecule has 2 aromatic rings. The van der Waals surface area contributed by atoms with E-state index in [1.165, 1.54) is 0 Å². The number of carboxylic acids is 1. The number of benzene rings is 1. The Morgan fingerprint density at radius 1 is 1.38 bits per heavy atom. The molecule has 0 fully saturated rings. The lowest BCUT2D eigenvalue weighted by Gasteiger charge is -2.09. The summed E-state index contributed by atoms with van der Waals surface area (Å²) in [6.07, 6.45) is 0. The Labute approximate surface area is 133 Å². The molecular formula is C12H9BrClNO5S. The zero-order valence-corrected chi connectivity index (χ0v) is 13.7. The normalized spacial score (nSPS) is 11.4. The van der Waals surface area contributed by atoms with Crippen molar-refractivity contribution in [3.05, 3.63) is 45.3 Å². The van der Waals surface area contributed by atoms with Crippen molar-refractivity contribution in [2.45, 2.75) is 11.8 Å². The first-order valence-electron chi connectivity index (χ1n) is 5.52. The van der Waals surface area contributed by atoms with Gasteiger partial charge in [0.2, 0.25) is 5.76 Å². The summed E-state index contributed by atoms with van der Waals surface area (Å²) in [6.45, 7) is 1.78. The highest BCUT2D eigenvalue weighted by molar-refractivity contribution is 9.10. The molecule has 0 aliphatic rings. The quantitative estimate of drug-likeness (QED) is 0.827. The fraction of sp³-hybridized carbons (Fsp3) is 0.0833. The summed E-state index contributed by atoms with van der Waals surface area (Å²) in [5, 5.41) is 9.03. The maximum Gasteiger partial charge on any atom is 0.371 e. The molecule has 0 unspecified atom stereocenters. The summed E-state index contributed by atoms with van der Waals surface area (Å²) in [4.78, 5) is 10.5. The van der Waals surface area contributed by atoms with Crippen LogP contribution >= 0.6 is 27.5 Å². The maximum absolute atomic E-state index is 12.3. The number of carboxylic acid groups (broad SMARTS) is 1. The van der Waals surface area contributed by atoms with E-state index in [9.17, 15) is 13.2 Å². The summed E-state index contributed by atoms with van der Waals surface area (Å²) < 4.78 is 31.5. The molecule has 112 valence electrons. The third-order valence-corrected chi connectivity index (χ3v) is 5.07. The van der Waals surface area contributed by atoms with Gasteiger partial charge in [-0.15, -0.1) is 0 Å². The van der Waals surface area contributed by atoms with Gasteiger partial charge in [-0.2, -0.15) is 0 Å². The topological polar surface area (TPSA) is 96.6 Å². The van der Waals surface area contributed by atoms with Gasteiger partial charge in [0, 0.05) is 6.07 Å². The van der Waals surface area contributed by atoms with Gasteiger partial charge in [-0.3, -0.25) is 4.72 Å². The van der Waals surface area contributed by atoms with Gasteiger partial charge in [-0.05, 0) is 40.5 Å². The molecule has 2 rings (SSSR count). The molecule has 1 aromatic heterocycles. The monoisotopic (exact) mass is 393 g/mol. The lowest BCUT2D eigenvalue weighted by atomic mass is 10.2. The van der Waals surface area contributed by atoms with Crippen LogP contribution in [0.15, 0.2) is 38.2 Å². The Balaban J connectivity index is 2.43. The van der Waals surface area contributed by atoms with Crippen LogP contribution in [0.4, 0.5) is 5.69 Å². The van der Waals surface area contributed by atoms with Crippen molar-refractivity contribution in [1.82, 2.24) is 0 Å². The highest BCUT2D eigenvalue weighted by Crippen LogP contribution is 2.30. The second-order valence-corrected chi connectivity index (χ2v) is 6.92. The van der Waals surface area contributed by atoms with E-state index < -0.39 is 21.8 Å². The Kier molecular flexibility index (Phi) is 4.31. The van der Waals surface area contributed by atoms with Gasteiger partial charge in [-0.25, -0.2) is 13.2 Å². The van der Waals surface area contributed by atoms with E-state index in [2.05, 4.69) is 20.7 Å². The Morgan fingerprint density at radius 3 is 2.62 bits per heavy atom. The zero-order valence-electron chi connectivity index (χ0n) is 10.6. The highest BCUT2D eigenvalue weighted by atomic mass is 79.9. The van der Waals surface area contributed by atoms with E-state index in [4.69, 9.17) is 21.1 Å². The van der Waals surface area contributed by atoms with Crippen molar-refractivity contribution >= 4 is 49.2 Å². The standard InChI is InChI=1S/C12H9BrClNO5S/c1-6-2-3-7(14)8(4-6)15-21(18,19)10-5-9(12(16)17)20-11(10)13/h2-5,15H,1H3,(H,16,17). The fourth-order valence-corrected chi connectivity index (χ4v) is 3.79. The molecule has 0 aliphatic carbocycles. The van der Waals surface area contributed by atoms with E-state index in [1.807, 2.05) is 0 Å². The first-order chi connectivity index (χ1) is 9.70. The van der Waals surface area contributed by atoms with Gasteiger partial charge in [0.25, 0.3) is 10.0 Å². The van der Waals surface area contributed by atoms with Gasteiger partial charge < -0.3 is 9.52 Å². The van der Waals surface area contributed by atoms with Crippen LogP contribution in [-0.2, 0) is 10.0 Å². The van der Waals surface area contributed by atoms with Crippen molar-refractivity contribution in [1.29, 1.82) is 0 Å². The van der Waals surface area contributed by atoms with Crippen LogP contribution < -0.4 is 4.72 Å². The number of aryl methyl sites for hydroxylation is 1. The average Bonchev–Trinajstić information content (AvgIpc) is 2.77. The second kappa shape index (κ2) is 5.70. The molecule has 0 atom stereocenters. The molecule has 0 saturated heterocycles. The smallest absolute Gasteiger partial charge is 0.371 e. The van der Waals surface area contributed by atoms with Crippen LogP contribution in [-0.4, -0.2) is 19.5 Å². The minimum absolute atomic E-state index is 0.196. The molecule has 9 heteroatoms. The average molecular weight is 395 g/mol. The minimum atomic E-state index is -4.03. The molecule has 2 N–H and O–H groups in total. The number of nitrogens with one attached hydrogen (secondary N) is 1. The predicted octanol–water partition coefficient (Wildman–Crippen LogP) is 3.50. The van der Waals surface area contributed by atoms with Crippen molar-refractivity contribution in [3.8, 4) is 0 Å². The predicted molar refractivity (Wildman–Crippen MR) is 80.4 cm³/mol. The SMILES string of the molecule is Cc1ccc(Cl)c(NS(=O)(=O)c2cc(C(=O)O)oc2Br)c1. The van der Waals surface area contributed by atoms with Crippen LogP contribution in [0.5, 0.6) is 0 Å². The van der Waals surface area contributed by atoms with Crippen LogP contribution in [0.25, 0.3) is 0 Å². The molecule has 0 spiro atoms. The summed E-state index contributed by atoms with van der Waals surface area (Å²) in [7, 11) is -4.03. The highest BCUT2D eigenvalue weighted by Gasteiger charge is 2.25. The molecule has 6 nitrogen and oxygen atoms in total. The van der Waals surface area contributed by atoms with E-state index in [0.29, 0.717) is 0 Å². The van der Waals surface area contributed by atoms with Gasteiger partial charge in [0.15, 0.2) is 4.67 Å². The molecule has 1 aromatic carbocycles. The molecule has 0 saturated carbocycles. The van der Waals surface area contributed by atoms with Crippen LogP contribution in [0.2, 0.25) is 5.02 Å². The summed E-state index contributed by atoms with van der Waals surface area (Å²) >= 11 is 8.81.